The van der Waals surface area contributed by atoms with Gasteiger partial charge in [0.2, 0.25) is 0 Å². The van der Waals surface area contributed by atoms with E-state index in [2.05, 4.69) is 10.2 Å². The summed E-state index contributed by atoms with van der Waals surface area (Å²) in [6.45, 7) is 1.09. The molecule has 2 N–H and O–H groups in total. The van der Waals surface area contributed by atoms with Crippen LogP contribution in [0.15, 0.2) is 23.6 Å². The van der Waals surface area contributed by atoms with Gasteiger partial charge in [0.25, 0.3) is 5.91 Å². The molecule has 5 nitrogen and oxygen atoms in total. The van der Waals surface area contributed by atoms with Crippen LogP contribution in [0.5, 0.6) is 0 Å². The summed E-state index contributed by atoms with van der Waals surface area (Å²) in [5.74, 6) is -0.113. The van der Waals surface area contributed by atoms with E-state index >= 15 is 0 Å². The van der Waals surface area contributed by atoms with Crippen molar-refractivity contribution in [3.05, 3.63) is 29.3 Å². The largest absolute Gasteiger partial charge is 0.391 e. The molecule has 0 aliphatic carbocycles. The number of nitrogens with zero attached hydrogens (tertiary/aromatic N) is 2. The van der Waals surface area contributed by atoms with Crippen LogP contribution in [0.2, 0.25) is 0 Å². The van der Waals surface area contributed by atoms with Gasteiger partial charge < -0.3 is 10.0 Å². The van der Waals surface area contributed by atoms with Crippen LogP contribution in [0.1, 0.15) is 23.3 Å². The Morgan fingerprint density at radius 3 is 3.21 bits per heavy atom. The fourth-order valence-electron chi connectivity index (χ4n) is 2.29. The van der Waals surface area contributed by atoms with Crippen molar-refractivity contribution in [3.8, 4) is 10.6 Å². The Kier molecular flexibility index (Phi) is 3.35. The molecule has 2 aromatic rings. The number of H-pyrrole nitrogens is 1. The van der Waals surface area contributed by atoms with Crippen LogP contribution in [-0.4, -0.2) is 45.3 Å². The van der Waals surface area contributed by atoms with Gasteiger partial charge in [0.05, 0.1) is 16.7 Å². The molecule has 1 atom stereocenters. The van der Waals surface area contributed by atoms with Crippen molar-refractivity contribution < 1.29 is 9.90 Å². The number of amides is 1. The summed E-state index contributed by atoms with van der Waals surface area (Å²) in [5.41, 5.74) is 1.27. The lowest BCUT2D eigenvalue weighted by Gasteiger charge is -2.29. The molecule has 3 heterocycles. The molecule has 3 rings (SSSR count). The van der Waals surface area contributed by atoms with Crippen molar-refractivity contribution in [3.63, 3.8) is 0 Å². The highest BCUT2D eigenvalue weighted by Crippen LogP contribution is 2.23. The lowest BCUT2D eigenvalue weighted by Crippen LogP contribution is -2.42. The number of aliphatic hydroxyl groups excluding tert-OH is 1. The highest BCUT2D eigenvalue weighted by Gasteiger charge is 2.24. The van der Waals surface area contributed by atoms with E-state index in [1.54, 1.807) is 22.3 Å². The van der Waals surface area contributed by atoms with E-state index in [0.717, 1.165) is 23.4 Å². The third-order valence-electron chi connectivity index (χ3n) is 3.27. The molecule has 2 aromatic heterocycles. The van der Waals surface area contributed by atoms with Gasteiger partial charge in [0, 0.05) is 13.1 Å². The molecule has 19 heavy (non-hydrogen) atoms. The van der Waals surface area contributed by atoms with Crippen molar-refractivity contribution in [2.75, 3.05) is 13.1 Å². The maximum atomic E-state index is 12.3. The zero-order valence-corrected chi connectivity index (χ0v) is 11.2. The topological polar surface area (TPSA) is 69.2 Å². The molecule has 1 saturated heterocycles. The van der Waals surface area contributed by atoms with E-state index in [0.29, 0.717) is 18.8 Å². The number of thiophene rings is 1. The summed E-state index contributed by atoms with van der Waals surface area (Å²) >= 11 is 1.60. The second-order valence-electron chi connectivity index (χ2n) is 4.69. The van der Waals surface area contributed by atoms with Crippen LogP contribution in [0, 0.1) is 0 Å². The normalized spacial score (nSPS) is 19.6. The van der Waals surface area contributed by atoms with E-state index in [1.165, 1.54) is 0 Å². The van der Waals surface area contributed by atoms with E-state index in [9.17, 15) is 9.90 Å². The van der Waals surface area contributed by atoms with E-state index in [4.69, 9.17) is 0 Å². The summed E-state index contributed by atoms with van der Waals surface area (Å²) in [6, 6.07) is 5.72. The second kappa shape index (κ2) is 5.14. The quantitative estimate of drug-likeness (QED) is 0.878. The number of aliphatic hydroxyl groups is 1. The number of rotatable bonds is 2. The fraction of sp³-hybridized carbons (Fsp3) is 0.385. The summed E-state index contributed by atoms with van der Waals surface area (Å²) in [7, 11) is 0. The molecule has 0 bridgehead atoms. The first-order chi connectivity index (χ1) is 9.24. The van der Waals surface area contributed by atoms with Crippen LogP contribution >= 0.6 is 11.3 Å². The number of hydrogen-bond acceptors (Lipinski definition) is 4. The van der Waals surface area contributed by atoms with E-state index in [1.807, 2.05) is 17.5 Å². The molecule has 6 heteroatoms. The number of likely N-dealkylation sites (tertiary alicyclic amines) is 1. The predicted molar refractivity (Wildman–Crippen MR) is 73.0 cm³/mol. The molecule has 1 unspecified atom stereocenters. The number of carbonyl (C=O) groups excluding carboxylic acids is 1. The predicted octanol–water partition coefficient (Wildman–Crippen LogP) is 1.74. The number of piperidine rings is 1. The van der Waals surface area contributed by atoms with Crippen molar-refractivity contribution in [1.82, 2.24) is 15.1 Å². The zero-order valence-electron chi connectivity index (χ0n) is 10.4. The third-order valence-corrected chi connectivity index (χ3v) is 4.17. The number of hydrogen-bond donors (Lipinski definition) is 2. The van der Waals surface area contributed by atoms with Gasteiger partial charge in [0.15, 0.2) is 5.69 Å². The first-order valence-corrected chi connectivity index (χ1v) is 7.18. The molecule has 1 amide bonds. The highest BCUT2D eigenvalue weighted by molar-refractivity contribution is 7.13. The van der Waals surface area contributed by atoms with Crippen molar-refractivity contribution >= 4 is 17.2 Å². The number of β-amino-alcohol motifs (C(OH)–C–C–N with tert-alkyl or cyclic N) is 1. The number of aromatic amines is 1. The van der Waals surface area contributed by atoms with E-state index < -0.39 is 6.10 Å². The van der Waals surface area contributed by atoms with Crippen LogP contribution in [0.25, 0.3) is 10.6 Å². The Bertz CT molecular complexity index is 564. The molecule has 0 aromatic carbocycles. The molecule has 100 valence electrons. The van der Waals surface area contributed by atoms with Crippen LogP contribution in [-0.2, 0) is 0 Å². The van der Waals surface area contributed by atoms with Gasteiger partial charge in [-0.3, -0.25) is 9.89 Å². The van der Waals surface area contributed by atoms with Crippen LogP contribution in [0.3, 0.4) is 0 Å². The number of nitrogens with one attached hydrogen (secondary N) is 1. The molecule has 0 spiro atoms. The van der Waals surface area contributed by atoms with Crippen molar-refractivity contribution in [2.45, 2.75) is 18.9 Å². The van der Waals surface area contributed by atoms with Gasteiger partial charge in [-0.05, 0) is 30.4 Å². The summed E-state index contributed by atoms with van der Waals surface area (Å²) in [5, 5.41) is 18.6. The Morgan fingerprint density at radius 1 is 1.58 bits per heavy atom. The Morgan fingerprint density at radius 2 is 2.47 bits per heavy atom. The fourth-order valence-corrected chi connectivity index (χ4v) is 2.98. The van der Waals surface area contributed by atoms with Crippen molar-refractivity contribution in [2.24, 2.45) is 0 Å². The third kappa shape index (κ3) is 2.54. The number of aromatic nitrogens is 2. The van der Waals surface area contributed by atoms with Gasteiger partial charge in [-0.1, -0.05) is 6.07 Å². The average Bonchev–Trinajstić information content (AvgIpc) is 3.08. The van der Waals surface area contributed by atoms with Crippen LogP contribution < -0.4 is 0 Å². The summed E-state index contributed by atoms with van der Waals surface area (Å²) in [6.07, 6.45) is 1.20. The first kappa shape index (κ1) is 12.4. The lowest BCUT2D eigenvalue weighted by atomic mass is 10.1. The minimum Gasteiger partial charge on any atom is -0.391 e. The zero-order chi connectivity index (χ0) is 13.2. The molecular weight excluding hydrogens is 262 g/mol. The molecule has 1 aliphatic heterocycles. The smallest absolute Gasteiger partial charge is 0.274 e. The van der Waals surface area contributed by atoms with E-state index in [-0.39, 0.29) is 5.91 Å². The minimum absolute atomic E-state index is 0.113. The highest BCUT2D eigenvalue weighted by atomic mass is 32.1. The summed E-state index contributed by atoms with van der Waals surface area (Å²) in [4.78, 5) is 15.0. The standard InChI is InChI=1S/C13H15N3O2S/c17-9-3-1-5-16(8-9)13(18)11-7-10(14-15-11)12-4-2-6-19-12/h2,4,6-7,9,17H,1,3,5,8H2,(H,14,15). The Hall–Kier alpha value is -1.66. The average molecular weight is 277 g/mol. The minimum atomic E-state index is -0.409. The SMILES string of the molecule is O=C(c1cc(-c2cccs2)[nH]n1)N1CCCC(O)C1. The maximum absolute atomic E-state index is 12.3. The van der Waals surface area contributed by atoms with Gasteiger partial charge in [-0.25, -0.2) is 0 Å². The summed E-state index contributed by atoms with van der Waals surface area (Å²) < 4.78 is 0. The van der Waals surface area contributed by atoms with Crippen molar-refractivity contribution in [1.29, 1.82) is 0 Å². The molecule has 0 saturated carbocycles. The second-order valence-corrected chi connectivity index (χ2v) is 5.64. The Labute approximate surface area is 114 Å². The van der Waals surface area contributed by atoms with Gasteiger partial charge in [-0.15, -0.1) is 11.3 Å². The number of carbonyl (C=O) groups is 1. The van der Waals surface area contributed by atoms with Gasteiger partial charge in [-0.2, -0.15) is 5.10 Å². The van der Waals surface area contributed by atoms with Gasteiger partial charge in [0.1, 0.15) is 0 Å². The van der Waals surface area contributed by atoms with Gasteiger partial charge >= 0.3 is 0 Å². The Balaban J connectivity index is 1.77. The molecule has 1 fully saturated rings. The monoisotopic (exact) mass is 277 g/mol. The first-order valence-electron chi connectivity index (χ1n) is 6.30. The van der Waals surface area contributed by atoms with Crippen LogP contribution in [0.4, 0.5) is 0 Å². The lowest BCUT2D eigenvalue weighted by molar-refractivity contribution is 0.0469. The molecule has 1 aliphatic rings. The molecule has 0 radical (unpaired) electrons. The molecular formula is C13H15N3O2S. The maximum Gasteiger partial charge on any atom is 0.274 e.